The molecule has 2 aromatic carbocycles. The minimum Gasteiger partial charge on any atom is -0.351 e. The largest absolute Gasteiger partial charge is 0.351 e. The van der Waals surface area contributed by atoms with Crippen LogP contribution in [0.4, 0.5) is 5.69 Å². The summed E-state index contributed by atoms with van der Waals surface area (Å²) in [6.07, 6.45) is 0. The summed E-state index contributed by atoms with van der Waals surface area (Å²) in [6.45, 7) is 6.03. The predicted octanol–water partition coefficient (Wildman–Crippen LogP) is 4.43. The van der Waals surface area contributed by atoms with E-state index >= 15 is 0 Å². The molecule has 0 heterocycles. The SMILES string of the molecule is CC(=O)Nc1ccc(CNC(=O)CSc2cc(C)c(Br)cc2C)cc1. The molecule has 25 heavy (non-hydrogen) atoms. The summed E-state index contributed by atoms with van der Waals surface area (Å²) in [4.78, 5) is 24.2. The van der Waals surface area contributed by atoms with Gasteiger partial charge in [-0.2, -0.15) is 0 Å². The van der Waals surface area contributed by atoms with Crippen LogP contribution in [0, 0.1) is 13.8 Å². The lowest BCUT2D eigenvalue weighted by atomic mass is 10.2. The van der Waals surface area contributed by atoms with Gasteiger partial charge in [0.1, 0.15) is 0 Å². The van der Waals surface area contributed by atoms with Gasteiger partial charge in [0, 0.05) is 28.5 Å². The zero-order chi connectivity index (χ0) is 18.4. The molecule has 0 aliphatic heterocycles. The first-order valence-corrected chi connectivity index (χ1v) is 9.66. The van der Waals surface area contributed by atoms with Crippen LogP contribution in [0.5, 0.6) is 0 Å². The Labute approximate surface area is 160 Å². The van der Waals surface area contributed by atoms with Crippen molar-refractivity contribution in [2.75, 3.05) is 11.1 Å². The normalized spacial score (nSPS) is 10.4. The van der Waals surface area contributed by atoms with E-state index < -0.39 is 0 Å². The van der Waals surface area contributed by atoms with Gasteiger partial charge in [-0.3, -0.25) is 9.59 Å². The Bertz CT molecular complexity index is 776. The highest BCUT2D eigenvalue weighted by atomic mass is 79.9. The van der Waals surface area contributed by atoms with Crippen LogP contribution < -0.4 is 10.6 Å². The zero-order valence-electron chi connectivity index (χ0n) is 14.5. The lowest BCUT2D eigenvalue weighted by Gasteiger charge is -2.09. The Hall–Kier alpha value is -1.79. The maximum Gasteiger partial charge on any atom is 0.230 e. The molecule has 6 heteroatoms. The Kier molecular flexibility index (Phi) is 7.08. The van der Waals surface area contributed by atoms with E-state index in [2.05, 4.69) is 38.7 Å². The first-order valence-electron chi connectivity index (χ1n) is 7.88. The first kappa shape index (κ1) is 19.5. The fourth-order valence-corrected chi connectivity index (χ4v) is 3.61. The monoisotopic (exact) mass is 420 g/mol. The fraction of sp³-hybridized carbons (Fsp3) is 0.263. The Morgan fingerprint density at radius 2 is 1.76 bits per heavy atom. The first-order chi connectivity index (χ1) is 11.8. The minimum atomic E-state index is -0.100. The number of hydrogen-bond donors (Lipinski definition) is 2. The van der Waals surface area contributed by atoms with Gasteiger partial charge in [0.25, 0.3) is 0 Å². The van der Waals surface area contributed by atoms with E-state index in [1.165, 1.54) is 6.92 Å². The van der Waals surface area contributed by atoms with E-state index in [1.54, 1.807) is 11.8 Å². The number of hydrogen-bond acceptors (Lipinski definition) is 3. The van der Waals surface area contributed by atoms with Gasteiger partial charge in [0.05, 0.1) is 5.75 Å². The molecule has 0 radical (unpaired) electrons. The van der Waals surface area contributed by atoms with Crippen LogP contribution in [-0.2, 0) is 16.1 Å². The van der Waals surface area contributed by atoms with Crippen molar-refractivity contribution in [3.63, 3.8) is 0 Å². The van der Waals surface area contributed by atoms with Gasteiger partial charge >= 0.3 is 0 Å². The molecule has 2 N–H and O–H groups in total. The zero-order valence-corrected chi connectivity index (χ0v) is 16.9. The van der Waals surface area contributed by atoms with Crippen LogP contribution in [-0.4, -0.2) is 17.6 Å². The van der Waals surface area contributed by atoms with Gasteiger partial charge in [-0.25, -0.2) is 0 Å². The predicted molar refractivity (Wildman–Crippen MR) is 107 cm³/mol. The third-order valence-electron chi connectivity index (χ3n) is 3.58. The molecule has 0 bridgehead atoms. The molecule has 2 rings (SSSR count). The van der Waals surface area contributed by atoms with Crippen LogP contribution in [0.1, 0.15) is 23.6 Å². The molecule has 132 valence electrons. The number of thioether (sulfide) groups is 1. The van der Waals surface area contributed by atoms with Crippen LogP contribution in [0.15, 0.2) is 45.8 Å². The molecule has 0 aromatic heterocycles. The van der Waals surface area contributed by atoms with E-state index in [9.17, 15) is 9.59 Å². The fourth-order valence-electron chi connectivity index (χ4n) is 2.21. The highest BCUT2D eigenvalue weighted by Gasteiger charge is 2.07. The van der Waals surface area contributed by atoms with Crippen LogP contribution in [0.3, 0.4) is 0 Å². The van der Waals surface area contributed by atoms with Gasteiger partial charge in [-0.05, 0) is 54.8 Å². The van der Waals surface area contributed by atoms with E-state index in [-0.39, 0.29) is 11.8 Å². The smallest absolute Gasteiger partial charge is 0.230 e. The maximum absolute atomic E-state index is 12.1. The van der Waals surface area contributed by atoms with Crippen molar-refractivity contribution in [1.82, 2.24) is 5.32 Å². The van der Waals surface area contributed by atoms with Crippen molar-refractivity contribution in [2.24, 2.45) is 0 Å². The topological polar surface area (TPSA) is 58.2 Å². The van der Waals surface area contributed by atoms with Gasteiger partial charge < -0.3 is 10.6 Å². The van der Waals surface area contributed by atoms with E-state index in [0.717, 1.165) is 31.7 Å². The number of benzene rings is 2. The minimum absolute atomic E-state index is 0.00379. The molecule has 2 aromatic rings. The molecule has 0 atom stereocenters. The third kappa shape index (κ3) is 6.21. The van der Waals surface area contributed by atoms with Crippen molar-refractivity contribution >= 4 is 45.2 Å². The Balaban J connectivity index is 1.83. The molecule has 0 fully saturated rings. The van der Waals surface area contributed by atoms with Crippen LogP contribution in [0.2, 0.25) is 0 Å². The number of nitrogens with one attached hydrogen (secondary N) is 2. The molecular formula is C19H21BrN2O2S. The average molecular weight is 421 g/mol. The highest BCUT2D eigenvalue weighted by molar-refractivity contribution is 9.10. The van der Waals surface area contributed by atoms with E-state index in [4.69, 9.17) is 0 Å². The number of amides is 2. The maximum atomic E-state index is 12.1. The Morgan fingerprint density at radius 1 is 1.08 bits per heavy atom. The number of carbonyl (C=O) groups excluding carboxylic acids is 2. The van der Waals surface area contributed by atoms with Gasteiger partial charge in [-0.15, -0.1) is 11.8 Å². The summed E-state index contributed by atoms with van der Waals surface area (Å²) >= 11 is 5.06. The summed E-state index contributed by atoms with van der Waals surface area (Å²) in [5, 5.41) is 5.63. The number of aryl methyl sites for hydroxylation is 2. The second kappa shape index (κ2) is 9.06. The van der Waals surface area contributed by atoms with Gasteiger partial charge in [0.2, 0.25) is 11.8 Å². The van der Waals surface area contributed by atoms with E-state index in [1.807, 2.05) is 38.1 Å². The molecular weight excluding hydrogens is 400 g/mol. The second-order valence-corrected chi connectivity index (χ2v) is 7.68. The van der Waals surface area contributed by atoms with Crippen molar-refractivity contribution in [3.05, 3.63) is 57.6 Å². The highest BCUT2D eigenvalue weighted by Crippen LogP contribution is 2.28. The number of rotatable bonds is 6. The Morgan fingerprint density at radius 3 is 2.40 bits per heavy atom. The summed E-state index contributed by atoms with van der Waals surface area (Å²) < 4.78 is 1.08. The molecule has 4 nitrogen and oxygen atoms in total. The van der Waals surface area contributed by atoms with Gasteiger partial charge in [-0.1, -0.05) is 28.1 Å². The lowest BCUT2D eigenvalue weighted by molar-refractivity contribution is -0.118. The summed E-state index contributed by atoms with van der Waals surface area (Å²) in [5.41, 5.74) is 4.05. The summed E-state index contributed by atoms with van der Waals surface area (Å²) in [6, 6.07) is 11.6. The van der Waals surface area contributed by atoms with Crippen molar-refractivity contribution in [1.29, 1.82) is 0 Å². The molecule has 0 unspecified atom stereocenters. The second-order valence-electron chi connectivity index (χ2n) is 5.81. The van der Waals surface area contributed by atoms with E-state index in [0.29, 0.717) is 12.3 Å². The number of carbonyl (C=O) groups is 2. The quantitative estimate of drug-likeness (QED) is 0.679. The molecule has 0 spiro atoms. The number of halogens is 1. The lowest BCUT2D eigenvalue weighted by Crippen LogP contribution is -2.24. The molecule has 0 aliphatic carbocycles. The number of anilines is 1. The summed E-state index contributed by atoms with van der Waals surface area (Å²) in [7, 11) is 0. The van der Waals surface area contributed by atoms with Crippen molar-refractivity contribution < 1.29 is 9.59 Å². The molecule has 0 aliphatic rings. The average Bonchev–Trinajstić information content (AvgIpc) is 2.56. The summed E-state index contributed by atoms with van der Waals surface area (Å²) in [5.74, 6) is 0.277. The third-order valence-corrected chi connectivity index (χ3v) is 5.59. The molecule has 2 amide bonds. The molecule has 0 saturated carbocycles. The molecule has 0 saturated heterocycles. The van der Waals surface area contributed by atoms with Crippen LogP contribution >= 0.6 is 27.7 Å². The van der Waals surface area contributed by atoms with Crippen LogP contribution in [0.25, 0.3) is 0 Å². The van der Waals surface area contributed by atoms with Gasteiger partial charge in [0.15, 0.2) is 0 Å². The van der Waals surface area contributed by atoms with Crippen molar-refractivity contribution in [2.45, 2.75) is 32.2 Å². The van der Waals surface area contributed by atoms with Crippen molar-refractivity contribution in [3.8, 4) is 0 Å². The standard InChI is InChI=1S/C19H21BrN2O2S/c1-12-9-18(13(2)8-17(12)20)25-11-19(24)21-10-15-4-6-16(7-5-15)22-14(3)23/h4-9H,10-11H2,1-3H3,(H,21,24)(H,22,23).